The van der Waals surface area contributed by atoms with Gasteiger partial charge >= 0.3 is 0 Å². The van der Waals surface area contributed by atoms with Crippen molar-refractivity contribution in [3.63, 3.8) is 0 Å². The molecule has 1 atom stereocenters. The first-order chi connectivity index (χ1) is 6.06. The summed E-state index contributed by atoms with van der Waals surface area (Å²) in [5, 5.41) is 9.27. The lowest BCUT2D eigenvalue weighted by atomic mass is 10.1. The number of benzene rings is 1. The Balaban J connectivity index is 3.25. The van der Waals surface area contributed by atoms with Gasteiger partial charge in [0.2, 0.25) is 0 Å². The Morgan fingerprint density at radius 2 is 2.15 bits per heavy atom. The third-order valence-corrected chi connectivity index (χ3v) is 2.01. The molecule has 0 aromatic heterocycles. The van der Waals surface area contributed by atoms with Crippen molar-refractivity contribution in [1.29, 1.82) is 0 Å². The maximum atomic E-state index is 12.9. The minimum atomic E-state index is -0.729. The van der Waals surface area contributed by atoms with E-state index in [1.807, 2.05) is 0 Å². The molecule has 0 bridgehead atoms. The van der Waals surface area contributed by atoms with Gasteiger partial charge in [0, 0.05) is 11.6 Å². The molecule has 72 valence electrons. The second kappa shape index (κ2) is 3.94. The molecule has 13 heavy (non-hydrogen) atoms. The quantitative estimate of drug-likeness (QED) is 0.802. The number of aliphatic hydroxyl groups excluding tert-OH is 1. The second-order valence-corrected chi connectivity index (χ2v) is 3.09. The molecular formula is C9H10ClFO2. The Morgan fingerprint density at radius 1 is 1.54 bits per heavy atom. The van der Waals surface area contributed by atoms with E-state index in [-0.39, 0.29) is 5.02 Å². The highest BCUT2D eigenvalue weighted by Crippen LogP contribution is 2.30. The van der Waals surface area contributed by atoms with Crippen LogP contribution in [0.1, 0.15) is 18.6 Å². The van der Waals surface area contributed by atoms with E-state index in [4.69, 9.17) is 16.3 Å². The number of hydrogen-bond donors (Lipinski definition) is 1. The molecule has 1 unspecified atom stereocenters. The molecule has 1 aromatic carbocycles. The Hall–Kier alpha value is -0.800. The van der Waals surface area contributed by atoms with Crippen LogP contribution in [-0.2, 0) is 0 Å². The van der Waals surface area contributed by atoms with Gasteiger partial charge in [0.05, 0.1) is 18.2 Å². The van der Waals surface area contributed by atoms with Crippen molar-refractivity contribution < 1.29 is 14.2 Å². The van der Waals surface area contributed by atoms with E-state index in [0.717, 1.165) is 6.07 Å². The van der Waals surface area contributed by atoms with Crippen LogP contribution in [0.3, 0.4) is 0 Å². The highest BCUT2D eigenvalue weighted by Gasteiger charge is 2.12. The topological polar surface area (TPSA) is 29.5 Å². The van der Waals surface area contributed by atoms with Gasteiger partial charge in [0.25, 0.3) is 0 Å². The van der Waals surface area contributed by atoms with Gasteiger partial charge in [-0.15, -0.1) is 0 Å². The Kier molecular flexibility index (Phi) is 3.12. The summed E-state index contributed by atoms with van der Waals surface area (Å²) in [4.78, 5) is 0. The summed E-state index contributed by atoms with van der Waals surface area (Å²) < 4.78 is 17.8. The molecule has 0 aliphatic rings. The van der Waals surface area contributed by atoms with Crippen molar-refractivity contribution in [1.82, 2.24) is 0 Å². The molecule has 1 rings (SSSR count). The van der Waals surface area contributed by atoms with Crippen LogP contribution in [0.4, 0.5) is 4.39 Å². The van der Waals surface area contributed by atoms with Crippen molar-refractivity contribution >= 4 is 11.6 Å². The molecule has 0 aliphatic heterocycles. The lowest BCUT2D eigenvalue weighted by molar-refractivity contribution is 0.194. The van der Waals surface area contributed by atoms with Gasteiger partial charge in [-0.25, -0.2) is 4.39 Å². The third-order valence-electron chi connectivity index (χ3n) is 1.72. The SMILES string of the molecule is COc1cc(F)c(Cl)cc1C(C)O. The first-order valence-electron chi connectivity index (χ1n) is 3.77. The highest BCUT2D eigenvalue weighted by atomic mass is 35.5. The minimum Gasteiger partial charge on any atom is -0.496 e. The predicted octanol–water partition coefficient (Wildman–Crippen LogP) is 2.54. The van der Waals surface area contributed by atoms with Crippen LogP contribution in [-0.4, -0.2) is 12.2 Å². The average molecular weight is 205 g/mol. The van der Waals surface area contributed by atoms with E-state index >= 15 is 0 Å². The van der Waals surface area contributed by atoms with Crippen LogP contribution in [0.5, 0.6) is 5.75 Å². The Bertz CT molecular complexity index is 313. The van der Waals surface area contributed by atoms with Crippen molar-refractivity contribution in [2.24, 2.45) is 0 Å². The van der Waals surface area contributed by atoms with Crippen molar-refractivity contribution in [3.05, 3.63) is 28.5 Å². The van der Waals surface area contributed by atoms with E-state index in [9.17, 15) is 9.50 Å². The largest absolute Gasteiger partial charge is 0.496 e. The summed E-state index contributed by atoms with van der Waals surface area (Å²) in [6, 6.07) is 2.52. The molecule has 4 heteroatoms. The van der Waals surface area contributed by atoms with E-state index < -0.39 is 11.9 Å². The summed E-state index contributed by atoms with van der Waals surface area (Å²) in [5.41, 5.74) is 0.480. The fraction of sp³-hybridized carbons (Fsp3) is 0.333. The smallest absolute Gasteiger partial charge is 0.145 e. The lowest BCUT2D eigenvalue weighted by Crippen LogP contribution is -1.97. The summed E-state index contributed by atoms with van der Waals surface area (Å²) in [6.45, 7) is 1.56. The van der Waals surface area contributed by atoms with E-state index in [0.29, 0.717) is 11.3 Å². The predicted molar refractivity (Wildman–Crippen MR) is 48.6 cm³/mol. The number of methoxy groups -OCH3 is 1. The fourth-order valence-electron chi connectivity index (χ4n) is 1.05. The molecule has 0 saturated carbocycles. The molecule has 0 radical (unpaired) electrons. The molecular weight excluding hydrogens is 195 g/mol. The van der Waals surface area contributed by atoms with Crippen LogP contribution >= 0.6 is 11.6 Å². The molecule has 0 fully saturated rings. The van der Waals surface area contributed by atoms with Gasteiger partial charge in [-0.05, 0) is 13.0 Å². The van der Waals surface area contributed by atoms with Crippen molar-refractivity contribution in [3.8, 4) is 5.75 Å². The number of hydrogen-bond acceptors (Lipinski definition) is 2. The minimum absolute atomic E-state index is 0.0169. The summed E-state index contributed by atoms with van der Waals surface area (Å²) >= 11 is 5.55. The molecule has 0 heterocycles. The zero-order chi connectivity index (χ0) is 10.0. The molecule has 0 spiro atoms. The normalized spacial score (nSPS) is 12.7. The summed E-state index contributed by atoms with van der Waals surface area (Å²) in [6.07, 6.45) is -0.729. The zero-order valence-corrected chi connectivity index (χ0v) is 8.10. The molecule has 0 aliphatic carbocycles. The first-order valence-corrected chi connectivity index (χ1v) is 4.15. The number of ether oxygens (including phenoxy) is 1. The third kappa shape index (κ3) is 2.11. The number of rotatable bonds is 2. The summed E-state index contributed by atoms with van der Waals surface area (Å²) in [7, 11) is 1.41. The Morgan fingerprint density at radius 3 is 2.62 bits per heavy atom. The number of aliphatic hydroxyl groups is 1. The molecule has 0 amide bonds. The van der Waals surface area contributed by atoms with E-state index in [2.05, 4.69) is 0 Å². The summed E-state index contributed by atoms with van der Waals surface area (Å²) in [5.74, 6) is -0.250. The average Bonchev–Trinajstić information content (AvgIpc) is 2.08. The maximum Gasteiger partial charge on any atom is 0.145 e. The standard InChI is InChI=1S/C9H10ClFO2/c1-5(12)6-3-7(10)8(11)4-9(6)13-2/h3-5,12H,1-2H3. The monoisotopic (exact) mass is 204 g/mol. The molecule has 0 saturated heterocycles. The van der Waals surface area contributed by atoms with Gasteiger partial charge in [0.1, 0.15) is 11.6 Å². The van der Waals surface area contributed by atoms with Gasteiger partial charge in [-0.3, -0.25) is 0 Å². The Labute approximate surface area is 80.9 Å². The first kappa shape index (κ1) is 10.3. The van der Waals surface area contributed by atoms with Crippen molar-refractivity contribution in [2.75, 3.05) is 7.11 Å². The zero-order valence-electron chi connectivity index (χ0n) is 7.34. The van der Waals surface area contributed by atoms with Crippen LogP contribution in [0.15, 0.2) is 12.1 Å². The van der Waals surface area contributed by atoms with Gasteiger partial charge in [-0.2, -0.15) is 0 Å². The lowest BCUT2D eigenvalue weighted by Gasteiger charge is -2.11. The van der Waals surface area contributed by atoms with Gasteiger partial charge < -0.3 is 9.84 Å². The van der Waals surface area contributed by atoms with Crippen molar-refractivity contribution in [2.45, 2.75) is 13.0 Å². The van der Waals surface area contributed by atoms with E-state index in [1.165, 1.54) is 13.2 Å². The fourth-order valence-corrected chi connectivity index (χ4v) is 1.22. The van der Waals surface area contributed by atoms with Crippen LogP contribution in [0.2, 0.25) is 5.02 Å². The van der Waals surface area contributed by atoms with Crippen LogP contribution in [0, 0.1) is 5.82 Å². The molecule has 2 nitrogen and oxygen atoms in total. The van der Waals surface area contributed by atoms with E-state index in [1.54, 1.807) is 6.92 Å². The second-order valence-electron chi connectivity index (χ2n) is 2.68. The van der Waals surface area contributed by atoms with Crippen LogP contribution in [0.25, 0.3) is 0 Å². The van der Waals surface area contributed by atoms with Gasteiger partial charge in [0.15, 0.2) is 0 Å². The van der Waals surface area contributed by atoms with Crippen LogP contribution < -0.4 is 4.74 Å². The highest BCUT2D eigenvalue weighted by molar-refractivity contribution is 6.30. The maximum absolute atomic E-state index is 12.9. The number of halogens is 2. The van der Waals surface area contributed by atoms with Gasteiger partial charge in [-0.1, -0.05) is 11.6 Å². The molecule has 1 aromatic rings. The molecule has 1 N–H and O–H groups in total.